The van der Waals surface area contributed by atoms with Crippen LogP contribution >= 0.6 is 15.9 Å². The second-order valence-electron chi connectivity index (χ2n) is 6.72. The highest BCUT2D eigenvalue weighted by Gasteiger charge is 2.41. The smallest absolute Gasteiger partial charge is 0.213 e. The van der Waals surface area contributed by atoms with Gasteiger partial charge in [0.15, 0.2) is 0 Å². The molecule has 5 heteroatoms. The summed E-state index contributed by atoms with van der Waals surface area (Å²) >= 11 is 3.56. The number of hydrogen-bond donors (Lipinski definition) is 0. The van der Waals surface area contributed by atoms with E-state index in [1.54, 1.807) is 6.07 Å². The van der Waals surface area contributed by atoms with Crippen LogP contribution in [0.15, 0.2) is 82.4 Å². The fraction of sp³-hybridized carbons (Fsp3) is 0.136. The number of halogens is 2. The first-order valence-corrected chi connectivity index (χ1v) is 9.61. The van der Waals surface area contributed by atoms with Crippen LogP contribution in [0.1, 0.15) is 35.4 Å². The van der Waals surface area contributed by atoms with Gasteiger partial charge < -0.3 is 4.74 Å². The van der Waals surface area contributed by atoms with Crippen LogP contribution in [0, 0.1) is 5.82 Å². The molecule has 0 aliphatic carbocycles. The molecular formula is C22H16BrFN2O. The van der Waals surface area contributed by atoms with Gasteiger partial charge in [-0.1, -0.05) is 58.4 Å². The highest BCUT2D eigenvalue weighted by Crippen LogP contribution is 2.48. The fourth-order valence-corrected chi connectivity index (χ4v) is 4.12. The summed E-state index contributed by atoms with van der Waals surface area (Å²) in [7, 11) is 0. The van der Waals surface area contributed by atoms with Gasteiger partial charge in [0.1, 0.15) is 11.6 Å². The third-order valence-electron chi connectivity index (χ3n) is 4.99. The second-order valence-corrected chi connectivity index (χ2v) is 7.64. The molecule has 0 radical (unpaired) electrons. The lowest BCUT2D eigenvalue weighted by molar-refractivity contribution is -0.0192. The molecule has 0 spiro atoms. The lowest BCUT2D eigenvalue weighted by Crippen LogP contribution is -2.33. The van der Waals surface area contributed by atoms with Crippen LogP contribution in [0.5, 0.6) is 5.75 Å². The van der Waals surface area contributed by atoms with Gasteiger partial charge in [-0.15, -0.1) is 0 Å². The maximum absolute atomic E-state index is 13.8. The molecule has 2 atom stereocenters. The number of hydrazone groups is 1. The summed E-state index contributed by atoms with van der Waals surface area (Å²) in [5, 5.41) is 6.85. The number of ether oxygens (including phenoxy) is 1. The number of nitrogens with zero attached hydrogens (tertiary/aromatic N) is 2. The molecule has 0 fully saturated rings. The zero-order chi connectivity index (χ0) is 18.4. The van der Waals surface area contributed by atoms with E-state index in [0.29, 0.717) is 0 Å². The molecule has 3 aromatic carbocycles. The van der Waals surface area contributed by atoms with Crippen LogP contribution < -0.4 is 4.74 Å². The minimum Gasteiger partial charge on any atom is -0.464 e. The van der Waals surface area contributed by atoms with Crippen molar-refractivity contribution >= 4 is 21.6 Å². The summed E-state index contributed by atoms with van der Waals surface area (Å²) in [6.07, 6.45) is 0.323. The van der Waals surface area contributed by atoms with Crippen LogP contribution in [0.3, 0.4) is 0 Å². The van der Waals surface area contributed by atoms with Gasteiger partial charge in [-0.3, -0.25) is 0 Å². The molecular weight excluding hydrogens is 407 g/mol. The van der Waals surface area contributed by atoms with Crippen molar-refractivity contribution in [1.82, 2.24) is 5.01 Å². The lowest BCUT2D eigenvalue weighted by Gasteiger charge is -2.38. The first-order valence-electron chi connectivity index (χ1n) is 8.82. The Balaban J connectivity index is 1.62. The van der Waals surface area contributed by atoms with Crippen LogP contribution in [-0.2, 0) is 0 Å². The topological polar surface area (TPSA) is 24.8 Å². The van der Waals surface area contributed by atoms with Crippen molar-refractivity contribution in [3.8, 4) is 5.75 Å². The Morgan fingerprint density at radius 2 is 1.85 bits per heavy atom. The third kappa shape index (κ3) is 2.92. The molecule has 0 saturated heterocycles. The van der Waals surface area contributed by atoms with E-state index >= 15 is 0 Å². The van der Waals surface area contributed by atoms with Crippen molar-refractivity contribution in [3.05, 3.63) is 99.8 Å². The fourth-order valence-electron chi connectivity index (χ4n) is 3.74. The van der Waals surface area contributed by atoms with Crippen LogP contribution in [0.25, 0.3) is 0 Å². The average molecular weight is 423 g/mol. The molecule has 0 unspecified atom stereocenters. The maximum Gasteiger partial charge on any atom is 0.213 e. The van der Waals surface area contributed by atoms with Gasteiger partial charge >= 0.3 is 0 Å². The molecule has 2 aliphatic heterocycles. The van der Waals surface area contributed by atoms with E-state index < -0.39 is 6.23 Å². The largest absolute Gasteiger partial charge is 0.464 e. The van der Waals surface area contributed by atoms with E-state index in [2.05, 4.69) is 34.1 Å². The summed E-state index contributed by atoms with van der Waals surface area (Å²) in [5.41, 5.74) is 3.96. The van der Waals surface area contributed by atoms with Gasteiger partial charge in [-0.2, -0.15) is 5.10 Å². The Labute approximate surface area is 165 Å². The highest BCUT2D eigenvalue weighted by molar-refractivity contribution is 9.10. The third-order valence-corrected chi connectivity index (χ3v) is 5.49. The molecule has 5 rings (SSSR count). The Bertz CT molecular complexity index is 1040. The predicted molar refractivity (Wildman–Crippen MR) is 106 cm³/mol. The summed E-state index contributed by atoms with van der Waals surface area (Å²) in [4.78, 5) is 0. The van der Waals surface area contributed by atoms with E-state index in [-0.39, 0.29) is 11.9 Å². The van der Waals surface area contributed by atoms with Gasteiger partial charge in [-0.25, -0.2) is 9.40 Å². The summed E-state index contributed by atoms with van der Waals surface area (Å²) < 4.78 is 21.1. The molecule has 0 amide bonds. The van der Waals surface area contributed by atoms with E-state index in [1.165, 1.54) is 12.1 Å². The second kappa shape index (κ2) is 6.50. The lowest BCUT2D eigenvalue weighted by atomic mass is 9.96. The molecule has 3 nitrogen and oxygen atoms in total. The molecule has 3 aromatic rings. The summed E-state index contributed by atoms with van der Waals surface area (Å²) in [6.45, 7) is 0. The van der Waals surface area contributed by atoms with Crippen LogP contribution in [-0.4, -0.2) is 10.7 Å². The molecule has 0 bridgehead atoms. The standard InChI is InChI=1S/C22H16BrFN2O/c23-16-9-10-21-18(12-16)20-13-19(14-5-2-1-3-6-14)25-26(20)22(27-21)15-7-4-8-17(24)11-15/h1-12,20,22H,13H2/t20-,22+/m1/s1. The number of fused-ring (bicyclic) bond motifs is 3. The van der Waals surface area contributed by atoms with E-state index in [4.69, 9.17) is 9.84 Å². The zero-order valence-corrected chi connectivity index (χ0v) is 15.9. The summed E-state index contributed by atoms with van der Waals surface area (Å²) in [5.74, 6) is 0.541. The van der Waals surface area contributed by atoms with Crippen molar-refractivity contribution in [2.75, 3.05) is 0 Å². The number of benzene rings is 3. The van der Waals surface area contributed by atoms with Crippen molar-refractivity contribution < 1.29 is 9.13 Å². The van der Waals surface area contributed by atoms with E-state index in [9.17, 15) is 4.39 Å². The Morgan fingerprint density at radius 3 is 2.67 bits per heavy atom. The van der Waals surface area contributed by atoms with Gasteiger partial charge in [-0.05, 0) is 35.9 Å². The Kier molecular flexibility index (Phi) is 3.97. The Hall–Kier alpha value is -2.66. The normalized spacial score (nSPS) is 20.5. The molecule has 0 saturated carbocycles. The predicted octanol–water partition coefficient (Wildman–Crippen LogP) is 5.83. The first kappa shape index (κ1) is 16.5. The van der Waals surface area contributed by atoms with Gasteiger partial charge in [0.25, 0.3) is 0 Å². The summed E-state index contributed by atoms with van der Waals surface area (Å²) in [6, 6.07) is 22.8. The van der Waals surface area contributed by atoms with Gasteiger partial charge in [0.05, 0.1) is 11.8 Å². The highest BCUT2D eigenvalue weighted by atomic mass is 79.9. The quantitative estimate of drug-likeness (QED) is 0.518. The minimum atomic E-state index is -0.458. The number of hydrogen-bond acceptors (Lipinski definition) is 3. The SMILES string of the molecule is Fc1cccc([C@@H]2Oc3ccc(Br)cc3[C@H]3CC(c4ccccc4)=NN32)c1. The molecule has 134 valence electrons. The molecule has 2 heterocycles. The first-order chi connectivity index (χ1) is 13.2. The zero-order valence-electron chi connectivity index (χ0n) is 14.3. The monoisotopic (exact) mass is 422 g/mol. The van der Waals surface area contributed by atoms with Crippen molar-refractivity contribution in [2.24, 2.45) is 5.10 Å². The molecule has 0 N–H and O–H groups in total. The van der Waals surface area contributed by atoms with Crippen molar-refractivity contribution in [2.45, 2.75) is 18.7 Å². The molecule has 27 heavy (non-hydrogen) atoms. The van der Waals surface area contributed by atoms with E-state index in [0.717, 1.165) is 39.0 Å². The average Bonchev–Trinajstić information content (AvgIpc) is 3.14. The van der Waals surface area contributed by atoms with Gasteiger partial charge in [0.2, 0.25) is 6.23 Å². The van der Waals surface area contributed by atoms with Crippen molar-refractivity contribution in [3.63, 3.8) is 0 Å². The minimum absolute atomic E-state index is 0.0507. The Morgan fingerprint density at radius 1 is 1.00 bits per heavy atom. The molecule has 0 aromatic heterocycles. The van der Waals surface area contributed by atoms with E-state index in [1.807, 2.05) is 41.4 Å². The maximum atomic E-state index is 13.8. The number of rotatable bonds is 2. The van der Waals surface area contributed by atoms with Crippen LogP contribution in [0.2, 0.25) is 0 Å². The molecule has 2 aliphatic rings. The van der Waals surface area contributed by atoms with Crippen molar-refractivity contribution in [1.29, 1.82) is 0 Å². The van der Waals surface area contributed by atoms with Crippen LogP contribution in [0.4, 0.5) is 4.39 Å². The van der Waals surface area contributed by atoms with Gasteiger partial charge in [0, 0.05) is 22.0 Å².